The Morgan fingerprint density at radius 3 is 2.89 bits per heavy atom. The van der Waals surface area contributed by atoms with E-state index in [0.717, 1.165) is 25.9 Å². The van der Waals surface area contributed by atoms with Crippen molar-refractivity contribution in [3.8, 4) is 0 Å². The number of amides is 2. The number of rotatable bonds is 8. The average Bonchev–Trinajstić information content (AvgIpc) is 2.73. The summed E-state index contributed by atoms with van der Waals surface area (Å²) in [6, 6.07) is 1.38. The molecule has 18 heavy (non-hydrogen) atoms. The molecule has 0 spiro atoms. The molecule has 0 saturated heterocycles. The van der Waals surface area contributed by atoms with Crippen molar-refractivity contribution in [2.24, 2.45) is 0 Å². The van der Waals surface area contributed by atoms with Crippen LogP contribution in [0.5, 0.6) is 0 Å². The Labute approximate surface area is 107 Å². The van der Waals surface area contributed by atoms with Crippen molar-refractivity contribution in [2.75, 3.05) is 25.1 Å². The van der Waals surface area contributed by atoms with Crippen molar-refractivity contribution in [3.63, 3.8) is 0 Å². The number of unbranched alkanes of at least 4 members (excludes halogenated alkanes) is 1. The molecule has 102 valence electrons. The van der Waals surface area contributed by atoms with Crippen molar-refractivity contribution in [1.29, 1.82) is 0 Å². The Kier molecular flexibility index (Phi) is 6.86. The van der Waals surface area contributed by atoms with E-state index < -0.39 is 0 Å². The Morgan fingerprint density at radius 2 is 2.22 bits per heavy atom. The van der Waals surface area contributed by atoms with Crippen LogP contribution in [0.1, 0.15) is 31.9 Å². The number of nitrogens with zero attached hydrogens (tertiary/aromatic N) is 1. The highest BCUT2D eigenvalue weighted by Gasteiger charge is 2.04. The van der Waals surface area contributed by atoms with Gasteiger partial charge in [-0.2, -0.15) is 0 Å². The highest BCUT2D eigenvalue weighted by atomic mass is 16.5. The number of carbonyl (C=O) groups is 1. The highest BCUT2D eigenvalue weighted by molar-refractivity contribution is 5.88. The summed E-state index contributed by atoms with van der Waals surface area (Å²) in [5.41, 5.74) is 0. The molecule has 0 aliphatic heterocycles. The highest BCUT2D eigenvalue weighted by Crippen LogP contribution is 2.06. The van der Waals surface area contributed by atoms with Crippen molar-refractivity contribution < 1.29 is 14.1 Å². The van der Waals surface area contributed by atoms with Gasteiger partial charge in [0.05, 0.1) is 0 Å². The summed E-state index contributed by atoms with van der Waals surface area (Å²) in [4.78, 5) is 11.4. The maximum atomic E-state index is 11.4. The van der Waals surface area contributed by atoms with E-state index in [1.807, 2.05) is 0 Å². The second kappa shape index (κ2) is 8.52. The molecule has 0 fully saturated rings. The molecule has 0 radical (unpaired) electrons. The Hall–Kier alpha value is -1.56. The zero-order valence-electron chi connectivity index (χ0n) is 11.0. The Balaban J connectivity index is 2.00. The summed E-state index contributed by atoms with van der Waals surface area (Å²) in [5, 5.41) is 8.96. The molecule has 0 aliphatic carbocycles. The third-order valence-electron chi connectivity index (χ3n) is 2.26. The van der Waals surface area contributed by atoms with Gasteiger partial charge in [-0.1, -0.05) is 18.5 Å². The molecule has 2 amide bonds. The Bertz CT molecular complexity index is 352. The first kappa shape index (κ1) is 14.5. The number of aromatic nitrogens is 1. The summed E-state index contributed by atoms with van der Waals surface area (Å²) in [5.74, 6) is 1.08. The molecule has 0 bridgehead atoms. The monoisotopic (exact) mass is 255 g/mol. The molecule has 0 aromatic carbocycles. The van der Waals surface area contributed by atoms with Gasteiger partial charge >= 0.3 is 6.03 Å². The van der Waals surface area contributed by atoms with Crippen molar-refractivity contribution in [2.45, 2.75) is 33.1 Å². The number of urea groups is 1. The molecule has 6 heteroatoms. The minimum atomic E-state index is -0.281. The molecule has 1 rings (SSSR count). The number of ether oxygens (including phenoxy) is 1. The fourth-order valence-corrected chi connectivity index (χ4v) is 1.31. The zero-order chi connectivity index (χ0) is 13.2. The summed E-state index contributed by atoms with van der Waals surface area (Å²) in [6.07, 6.45) is 3.02. The van der Waals surface area contributed by atoms with Crippen LogP contribution in [0.15, 0.2) is 10.6 Å². The van der Waals surface area contributed by atoms with Crippen molar-refractivity contribution in [3.05, 3.63) is 11.8 Å². The predicted octanol–water partition coefficient (Wildman–Crippen LogP) is 2.31. The average molecular weight is 255 g/mol. The van der Waals surface area contributed by atoms with Crippen LogP contribution in [0, 0.1) is 6.92 Å². The van der Waals surface area contributed by atoms with Crippen LogP contribution in [0.3, 0.4) is 0 Å². The minimum Gasteiger partial charge on any atom is -0.381 e. The molecule has 1 aromatic rings. The van der Waals surface area contributed by atoms with E-state index in [2.05, 4.69) is 22.7 Å². The lowest BCUT2D eigenvalue weighted by Gasteiger charge is -2.05. The fourth-order valence-electron chi connectivity index (χ4n) is 1.31. The van der Waals surface area contributed by atoms with Crippen LogP contribution < -0.4 is 10.6 Å². The van der Waals surface area contributed by atoms with Gasteiger partial charge in [0.15, 0.2) is 5.82 Å². The summed E-state index contributed by atoms with van der Waals surface area (Å²) < 4.78 is 10.2. The molecule has 0 saturated carbocycles. The van der Waals surface area contributed by atoms with Gasteiger partial charge in [0, 0.05) is 25.8 Å². The quantitative estimate of drug-likeness (QED) is 0.699. The minimum absolute atomic E-state index is 0.281. The van der Waals surface area contributed by atoms with Gasteiger partial charge in [-0.3, -0.25) is 5.32 Å². The van der Waals surface area contributed by atoms with Gasteiger partial charge in [0.25, 0.3) is 0 Å². The lowest BCUT2D eigenvalue weighted by molar-refractivity contribution is 0.129. The lowest BCUT2D eigenvalue weighted by Crippen LogP contribution is -2.30. The van der Waals surface area contributed by atoms with Crippen LogP contribution in [0.4, 0.5) is 10.6 Å². The standard InChI is InChI=1S/C12H21N3O3/c1-3-4-7-17-8-5-6-13-12(16)14-11-9-10(2)18-15-11/h9H,3-8H2,1-2H3,(H2,13,14,15,16). The van der Waals surface area contributed by atoms with E-state index in [-0.39, 0.29) is 6.03 Å². The van der Waals surface area contributed by atoms with E-state index in [4.69, 9.17) is 9.26 Å². The number of carbonyl (C=O) groups excluding carboxylic acids is 1. The van der Waals surface area contributed by atoms with Crippen molar-refractivity contribution >= 4 is 11.8 Å². The fraction of sp³-hybridized carbons (Fsp3) is 0.667. The second-order valence-electron chi connectivity index (χ2n) is 4.02. The molecule has 6 nitrogen and oxygen atoms in total. The molecular formula is C12H21N3O3. The summed E-state index contributed by atoms with van der Waals surface area (Å²) in [6.45, 7) is 5.93. The SMILES string of the molecule is CCCCOCCCNC(=O)Nc1cc(C)on1. The maximum Gasteiger partial charge on any atom is 0.320 e. The number of anilines is 1. The number of nitrogens with one attached hydrogen (secondary N) is 2. The number of hydrogen-bond acceptors (Lipinski definition) is 4. The number of hydrogen-bond donors (Lipinski definition) is 2. The summed E-state index contributed by atoms with van der Waals surface area (Å²) in [7, 11) is 0. The van der Waals surface area contributed by atoms with Gasteiger partial charge in [-0.05, 0) is 19.8 Å². The molecule has 0 unspecified atom stereocenters. The van der Waals surface area contributed by atoms with E-state index in [9.17, 15) is 4.79 Å². The van der Waals surface area contributed by atoms with Crippen LogP contribution in [0.25, 0.3) is 0 Å². The third kappa shape index (κ3) is 6.24. The first-order chi connectivity index (χ1) is 8.72. The number of aryl methyl sites for hydroxylation is 1. The smallest absolute Gasteiger partial charge is 0.320 e. The second-order valence-corrected chi connectivity index (χ2v) is 4.02. The van der Waals surface area contributed by atoms with Gasteiger partial charge in [-0.25, -0.2) is 4.79 Å². The molecule has 1 heterocycles. The van der Waals surface area contributed by atoms with Crippen molar-refractivity contribution in [1.82, 2.24) is 10.5 Å². The molecular weight excluding hydrogens is 234 g/mol. The van der Waals surface area contributed by atoms with Gasteiger partial charge in [0.1, 0.15) is 5.76 Å². The van der Waals surface area contributed by atoms with E-state index in [0.29, 0.717) is 24.7 Å². The van der Waals surface area contributed by atoms with Gasteiger partial charge in [-0.15, -0.1) is 0 Å². The lowest BCUT2D eigenvalue weighted by atomic mass is 10.4. The predicted molar refractivity (Wildman–Crippen MR) is 68.6 cm³/mol. The topological polar surface area (TPSA) is 76.4 Å². The summed E-state index contributed by atoms with van der Waals surface area (Å²) >= 11 is 0. The first-order valence-electron chi connectivity index (χ1n) is 6.28. The largest absolute Gasteiger partial charge is 0.381 e. The van der Waals surface area contributed by atoms with E-state index in [1.54, 1.807) is 13.0 Å². The van der Waals surface area contributed by atoms with Crippen LogP contribution >= 0.6 is 0 Å². The van der Waals surface area contributed by atoms with Crippen LogP contribution in [-0.4, -0.2) is 30.9 Å². The van der Waals surface area contributed by atoms with Gasteiger partial charge in [0.2, 0.25) is 0 Å². The van der Waals surface area contributed by atoms with Crippen LogP contribution in [-0.2, 0) is 4.74 Å². The zero-order valence-corrected chi connectivity index (χ0v) is 11.0. The molecule has 0 aliphatic rings. The van der Waals surface area contributed by atoms with E-state index in [1.165, 1.54) is 0 Å². The van der Waals surface area contributed by atoms with Gasteiger partial charge < -0.3 is 14.6 Å². The maximum absolute atomic E-state index is 11.4. The van der Waals surface area contributed by atoms with Crippen LogP contribution in [0.2, 0.25) is 0 Å². The normalized spacial score (nSPS) is 10.3. The van der Waals surface area contributed by atoms with E-state index >= 15 is 0 Å². The molecule has 2 N–H and O–H groups in total. The third-order valence-corrected chi connectivity index (χ3v) is 2.26. The first-order valence-corrected chi connectivity index (χ1v) is 6.28. The molecule has 0 atom stereocenters. The Morgan fingerprint density at radius 1 is 1.44 bits per heavy atom. The molecule has 1 aromatic heterocycles.